The molecule has 1 atom stereocenters. The lowest BCUT2D eigenvalue weighted by Gasteiger charge is -2.24. The fourth-order valence-electron chi connectivity index (χ4n) is 2.92. The van der Waals surface area contributed by atoms with Gasteiger partial charge in [-0.15, -0.1) is 0 Å². The van der Waals surface area contributed by atoms with Gasteiger partial charge in [-0.25, -0.2) is 4.39 Å². The van der Waals surface area contributed by atoms with Crippen molar-refractivity contribution in [3.8, 4) is 0 Å². The van der Waals surface area contributed by atoms with Gasteiger partial charge in [-0.3, -0.25) is 0 Å². The maximum Gasteiger partial charge on any atom is 0.128 e. The summed E-state index contributed by atoms with van der Waals surface area (Å²) in [5, 5.41) is 3.54. The third-order valence-electron chi connectivity index (χ3n) is 4.01. The van der Waals surface area contributed by atoms with Crippen molar-refractivity contribution in [3.05, 3.63) is 47.3 Å². The van der Waals surface area contributed by atoms with Crippen LogP contribution in [-0.2, 0) is 0 Å². The summed E-state index contributed by atoms with van der Waals surface area (Å²) < 4.78 is 14.1. The van der Waals surface area contributed by atoms with Crippen molar-refractivity contribution in [2.45, 2.75) is 57.9 Å². The SMILES string of the molecule is CCCNC(/C1=C/CCCCCC1)c1ccccc1F. The van der Waals surface area contributed by atoms with Crippen molar-refractivity contribution in [2.75, 3.05) is 6.54 Å². The summed E-state index contributed by atoms with van der Waals surface area (Å²) in [5.74, 6) is -0.0935. The Bertz CT molecular complexity index is 439. The van der Waals surface area contributed by atoms with Gasteiger partial charge in [-0.2, -0.15) is 0 Å². The van der Waals surface area contributed by atoms with E-state index in [-0.39, 0.29) is 11.9 Å². The van der Waals surface area contributed by atoms with Gasteiger partial charge in [-0.05, 0) is 44.7 Å². The molecule has 1 aliphatic rings. The van der Waals surface area contributed by atoms with Crippen LogP contribution in [0.2, 0.25) is 0 Å². The van der Waals surface area contributed by atoms with Gasteiger partial charge in [0.1, 0.15) is 5.82 Å². The molecule has 0 saturated carbocycles. The molecule has 110 valence electrons. The van der Waals surface area contributed by atoms with Crippen molar-refractivity contribution in [2.24, 2.45) is 0 Å². The van der Waals surface area contributed by atoms with Gasteiger partial charge in [-0.1, -0.05) is 49.6 Å². The van der Waals surface area contributed by atoms with Crippen LogP contribution in [-0.4, -0.2) is 6.54 Å². The minimum Gasteiger partial charge on any atom is -0.306 e. The monoisotopic (exact) mass is 275 g/mol. The van der Waals surface area contributed by atoms with Crippen LogP contribution >= 0.6 is 0 Å². The number of rotatable bonds is 5. The number of benzene rings is 1. The van der Waals surface area contributed by atoms with E-state index in [0.717, 1.165) is 31.4 Å². The average molecular weight is 275 g/mol. The van der Waals surface area contributed by atoms with E-state index in [9.17, 15) is 4.39 Å². The van der Waals surface area contributed by atoms with E-state index in [1.165, 1.54) is 31.3 Å². The lowest BCUT2D eigenvalue weighted by molar-refractivity contribution is 0.514. The summed E-state index contributed by atoms with van der Waals surface area (Å²) in [6.45, 7) is 3.08. The Labute approximate surface area is 122 Å². The number of nitrogens with one attached hydrogen (secondary N) is 1. The van der Waals surface area contributed by atoms with Crippen LogP contribution in [0.3, 0.4) is 0 Å². The standard InChI is InChI=1S/C18H26FN/c1-2-14-20-18(16-12-8-9-13-17(16)19)15-10-6-4-3-5-7-11-15/h8-10,12-13,18,20H,2-7,11,14H2,1H3/b15-10+. The van der Waals surface area contributed by atoms with Crippen LogP contribution < -0.4 is 5.32 Å². The number of allylic oxidation sites excluding steroid dienone is 1. The second kappa shape index (κ2) is 8.21. The third kappa shape index (κ3) is 4.17. The third-order valence-corrected chi connectivity index (χ3v) is 4.01. The number of hydrogen-bond acceptors (Lipinski definition) is 1. The first-order chi connectivity index (χ1) is 9.83. The highest BCUT2D eigenvalue weighted by Crippen LogP contribution is 2.30. The molecule has 1 unspecified atom stereocenters. The molecule has 20 heavy (non-hydrogen) atoms. The second-order valence-corrected chi connectivity index (χ2v) is 5.64. The first-order valence-corrected chi connectivity index (χ1v) is 7.99. The molecule has 1 nitrogen and oxygen atoms in total. The molecule has 0 heterocycles. The smallest absolute Gasteiger partial charge is 0.128 e. The van der Waals surface area contributed by atoms with Crippen molar-refractivity contribution >= 4 is 0 Å². The highest BCUT2D eigenvalue weighted by molar-refractivity contribution is 5.29. The normalized spacial score (nSPS) is 20.6. The van der Waals surface area contributed by atoms with Crippen molar-refractivity contribution in [1.82, 2.24) is 5.32 Å². The fourth-order valence-corrected chi connectivity index (χ4v) is 2.92. The van der Waals surface area contributed by atoms with Gasteiger partial charge >= 0.3 is 0 Å². The zero-order chi connectivity index (χ0) is 14.2. The Balaban J connectivity index is 2.24. The lowest BCUT2D eigenvalue weighted by atomic mass is 9.90. The Hall–Kier alpha value is -1.15. The summed E-state index contributed by atoms with van der Waals surface area (Å²) in [6, 6.07) is 7.24. The number of hydrogen-bond donors (Lipinski definition) is 1. The molecule has 0 saturated heterocycles. The maximum absolute atomic E-state index is 14.1. The highest BCUT2D eigenvalue weighted by atomic mass is 19.1. The Morgan fingerprint density at radius 1 is 1.15 bits per heavy atom. The second-order valence-electron chi connectivity index (χ2n) is 5.64. The first-order valence-electron chi connectivity index (χ1n) is 7.99. The predicted octanol–water partition coefficient (Wildman–Crippen LogP) is 5.15. The van der Waals surface area contributed by atoms with Crippen LogP contribution in [0.25, 0.3) is 0 Å². The van der Waals surface area contributed by atoms with E-state index in [4.69, 9.17) is 0 Å². The van der Waals surface area contributed by atoms with Crippen LogP contribution in [0.5, 0.6) is 0 Å². The van der Waals surface area contributed by atoms with E-state index < -0.39 is 0 Å². The molecule has 1 aromatic carbocycles. The molecular formula is C18H26FN. The van der Waals surface area contributed by atoms with Crippen LogP contribution in [0.15, 0.2) is 35.9 Å². The molecule has 1 N–H and O–H groups in total. The molecule has 1 aliphatic carbocycles. The topological polar surface area (TPSA) is 12.0 Å². The van der Waals surface area contributed by atoms with Gasteiger partial charge in [0.25, 0.3) is 0 Å². The fraction of sp³-hybridized carbons (Fsp3) is 0.556. The molecule has 2 heteroatoms. The van der Waals surface area contributed by atoms with Gasteiger partial charge in [0.15, 0.2) is 0 Å². The van der Waals surface area contributed by atoms with Gasteiger partial charge in [0.2, 0.25) is 0 Å². The molecule has 0 bridgehead atoms. The minimum atomic E-state index is -0.0935. The van der Waals surface area contributed by atoms with E-state index in [0.29, 0.717) is 0 Å². The summed E-state index contributed by atoms with van der Waals surface area (Å²) in [7, 11) is 0. The van der Waals surface area contributed by atoms with Gasteiger partial charge in [0.05, 0.1) is 6.04 Å². The Kier molecular flexibility index (Phi) is 6.25. The van der Waals surface area contributed by atoms with E-state index in [1.807, 2.05) is 12.1 Å². The van der Waals surface area contributed by atoms with E-state index >= 15 is 0 Å². The van der Waals surface area contributed by atoms with Crippen LogP contribution in [0, 0.1) is 5.82 Å². The molecule has 1 aromatic rings. The molecule has 2 rings (SSSR count). The summed E-state index contributed by atoms with van der Waals surface area (Å²) >= 11 is 0. The predicted molar refractivity (Wildman–Crippen MR) is 83.2 cm³/mol. The number of halogens is 1. The first kappa shape index (κ1) is 15.2. The zero-order valence-corrected chi connectivity index (χ0v) is 12.5. The van der Waals surface area contributed by atoms with Crippen LogP contribution in [0.4, 0.5) is 4.39 Å². The molecule has 0 radical (unpaired) electrons. The quantitative estimate of drug-likeness (QED) is 0.733. The van der Waals surface area contributed by atoms with E-state index in [2.05, 4.69) is 18.3 Å². The molecule has 0 amide bonds. The Morgan fingerprint density at radius 3 is 2.75 bits per heavy atom. The largest absolute Gasteiger partial charge is 0.306 e. The summed E-state index contributed by atoms with van der Waals surface area (Å²) in [5.41, 5.74) is 2.18. The van der Waals surface area contributed by atoms with Crippen molar-refractivity contribution in [3.63, 3.8) is 0 Å². The zero-order valence-electron chi connectivity index (χ0n) is 12.5. The molecule has 0 spiro atoms. The lowest BCUT2D eigenvalue weighted by Crippen LogP contribution is -2.25. The van der Waals surface area contributed by atoms with Crippen LogP contribution in [0.1, 0.15) is 63.5 Å². The molecule has 0 fully saturated rings. The summed E-state index contributed by atoms with van der Waals surface area (Å²) in [4.78, 5) is 0. The molecule has 0 aliphatic heterocycles. The minimum absolute atomic E-state index is 0.0502. The van der Waals surface area contributed by atoms with E-state index in [1.54, 1.807) is 12.1 Å². The summed E-state index contributed by atoms with van der Waals surface area (Å²) in [6.07, 6.45) is 10.8. The van der Waals surface area contributed by atoms with Gasteiger partial charge in [0, 0.05) is 5.56 Å². The average Bonchev–Trinajstić information content (AvgIpc) is 2.42. The maximum atomic E-state index is 14.1. The highest BCUT2D eigenvalue weighted by Gasteiger charge is 2.19. The molecule has 0 aromatic heterocycles. The van der Waals surface area contributed by atoms with Gasteiger partial charge < -0.3 is 5.32 Å². The molecular weight excluding hydrogens is 249 g/mol. The van der Waals surface area contributed by atoms with Crippen molar-refractivity contribution < 1.29 is 4.39 Å². The van der Waals surface area contributed by atoms with Crippen molar-refractivity contribution in [1.29, 1.82) is 0 Å². The Morgan fingerprint density at radius 2 is 1.95 bits per heavy atom.